The van der Waals surface area contributed by atoms with E-state index >= 15 is 0 Å². The van der Waals surface area contributed by atoms with Crippen molar-refractivity contribution in [2.75, 3.05) is 5.73 Å². The molecule has 0 saturated heterocycles. The van der Waals surface area contributed by atoms with Crippen molar-refractivity contribution >= 4 is 28.6 Å². The van der Waals surface area contributed by atoms with E-state index in [1.807, 2.05) is 45.0 Å². The molecule has 2 aromatic heterocycles. The van der Waals surface area contributed by atoms with Gasteiger partial charge in [0.1, 0.15) is 5.03 Å². The summed E-state index contributed by atoms with van der Waals surface area (Å²) in [6.07, 6.45) is 0. The summed E-state index contributed by atoms with van der Waals surface area (Å²) in [5.41, 5.74) is 10.6. The summed E-state index contributed by atoms with van der Waals surface area (Å²) >= 11 is 1.35. The van der Waals surface area contributed by atoms with Crippen LogP contribution in [0.25, 0.3) is 11.0 Å². The molecule has 3 aromatic rings. The minimum absolute atomic E-state index is 0.401. The van der Waals surface area contributed by atoms with Crippen LogP contribution in [0.1, 0.15) is 17.0 Å². The largest absolute Gasteiger partial charge is 0.381 e. The Labute approximate surface area is 127 Å². The number of rotatable bonds is 2. The first-order valence-electron chi connectivity index (χ1n) is 6.56. The zero-order valence-electron chi connectivity index (χ0n) is 12.1. The second-order valence-electron chi connectivity index (χ2n) is 4.81. The summed E-state index contributed by atoms with van der Waals surface area (Å²) in [4.78, 5) is 17.9. The molecule has 0 radical (unpaired) electrons. The van der Waals surface area contributed by atoms with Gasteiger partial charge >= 0.3 is 0 Å². The van der Waals surface area contributed by atoms with Gasteiger partial charge in [-0.3, -0.25) is 0 Å². The van der Waals surface area contributed by atoms with Crippen molar-refractivity contribution in [2.24, 2.45) is 0 Å². The highest BCUT2D eigenvalue weighted by Gasteiger charge is 2.11. The van der Waals surface area contributed by atoms with Crippen LogP contribution < -0.4 is 5.73 Å². The van der Waals surface area contributed by atoms with Gasteiger partial charge in [0.2, 0.25) is 0 Å². The zero-order chi connectivity index (χ0) is 15.0. The van der Waals surface area contributed by atoms with Crippen LogP contribution in [0.15, 0.2) is 34.4 Å². The summed E-state index contributed by atoms with van der Waals surface area (Å²) in [6.45, 7) is 5.97. The number of nitrogens with two attached hydrogens (primary N) is 1. The van der Waals surface area contributed by atoms with E-state index in [-0.39, 0.29) is 0 Å². The van der Waals surface area contributed by atoms with Crippen LogP contribution in [-0.4, -0.2) is 19.9 Å². The fourth-order valence-corrected chi connectivity index (χ4v) is 2.78. The predicted octanol–water partition coefficient (Wildman–Crippen LogP) is 3.08. The lowest BCUT2D eigenvalue weighted by Crippen LogP contribution is -2.01. The van der Waals surface area contributed by atoms with Crippen molar-refractivity contribution in [3.63, 3.8) is 0 Å². The van der Waals surface area contributed by atoms with Gasteiger partial charge in [0.25, 0.3) is 0 Å². The molecule has 21 heavy (non-hydrogen) atoms. The number of benzene rings is 1. The molecule has 0 amide bonds. The molecule has 106 valence electrons. The molecule has 0 unspecified atom stereocenters. The Morgan fingerprint density at radius 2 is 1.43 bits per heavy atom. The predicted molar refractivity (Wildman–Crippen MR) is 84.3 cm³/mol. The SMILES string of the molecule is Cc1nc(Sc2nc3ccccc3nc2N)nc(C)c1C. The second kappa shape index (κ2) is 5.29. The van der Waals surface area contributed by atoms with E-state index < -0.39 is 0 Å². The maximum atomic E-state index is 5.99. The van der Waals surface area contributed by atoms with Crippen LogP contribution in [0, 0.1) is 20.8 Å². The van der Waals surface area contributed by atoms with Crippen molar-refractivity contribution in [1.29, 1.82) is 0 Å². The lowest BCUT2D eigenvalue weighted by Gasteiger charge is -2.08. The molecule has 0 bridgehead atoms. The third-order valence-electron chi connectivity index (χ3n) is 3.36. The van der Waals surface area contributed by atoms with Crippen molar-refractivity contribution in [2.45, 2.75) is 31.0 Å². The fraction of sp³-hybridized carbons (Fsp3) is 0.200. The minimum atomic E-state index is 0.401. The summed E-state index contributed by atoms with van der Waals surface area (Å²) in [6, 6.07) is 7.65. The summed E-state index contributed by atoms with van der Waals surface area (Å²) in [7, 11) is 0. The van der Waals surface area contributed by atoms with Gasteiger partial charge < -0.3 is 5.73 Å². The van der Waals surface area contributed by atoms with Gasteiger partial charge in [-0.25, -0.2) is 19.9 Å². The number of nitrogens with zero attached hydrogens (tertiary/aromatic N) is 4. The lowest BCUT2D eigenvalue weighted by atomic mass is 10.2. The van der Waals surface area contributed by atoms with Crippen molar-refractivity contribution in [3.05, 3.63) is 41.2 Å². The summed E-state index contributed by atoms with van der Waals surface area (Å²) in [5, 5.41) is 1.28. The molecule has 1 aromatic carbocycles. The molecule has 0 spiro atoms. The van der Waals surface area contributed by atoms with Gasteiger partial charge in [0.15, 0.2) is 11.0 Å². The summed E-state index contributed by atoms with van der Waals surface area (Å²) in [5.74, 6) is 0.401. The Hall–Kier alpha value is -2.21. The van der Waals surface area contributed by atoms with Crippen molar-refractivity contribution in [3.8, 4) is 0 Å². The topological polar surface area (TPSA) is 77.6 Å². The second-order valence-corrected chi connectivity index (χ2v) is 5.76. The highest BCUT2D eigenvalue weighted by molar-refractivity contribution is 7.99. The number of para-hydroxylation sites is 2. The number of anilines is 1. The van der Waals surface area contributed by atoms with E-state index in [0.29, 0.717) is 16.0 Å². The molecule has 0 fully saturated rings. The Kier molecular flexibility index (Phi) is 3.47. The monoisotopic (exact) mass is 297 g/mol. The molecule has 0 aliphatic rings. The minimum Gasteiger partial charge on any atom is -0.381 e. The Morgan fingerprint density at radius 1 is 0.857 bits per heavy atom. The van der Waals surface area contributed by atoms with E-state index in [4.69, 9.17) is 5.73 Å². The quantitative estimate of drug-likeness (QED) is 0.732. The molecular weight excluding hydrogens is 282 g/mol. The zero-order valence-corrected chi connectivity index (χ0v) is 12.9. The smallest absolute Gasteiger partial charge is 0.194 e. The molecule has 0 aliphatic carbocycles. The maximum Gasteiger partial charge on any atom is 0.194 e. The van der Waals surface area contributed by atoms with E-state index in [2.05, 4.69) is 19.9 Å². The fourth-order valence-electron chi connectivity index (χ4n) is 1.95. The van der Waals surface area contributed by atoms with Gasteiger partial charge in [-0.2, -0.15) is 0 Å². The third kappa shape index (κ3) is 2.67. The van der Waals surface area contributed by atoms with E-state index in [0.717, 1.165) is 28.0 Å². The molecular formula is C15H15N5S. The normalized spacial score (nSPS) is 11.0. The molecule has 0 atom stereocenters. The van der Waals surface area contributed by atoms with Crippen LogP contribution in [-0.2, 0) is 0 Å². The standard InChI is InChI=1S/C15H15N5S/c1-8-9(2)17-15(18-10(8)3)21-14-13(16)19-11-6-4-5-7-12(11)20-14/h4-7H,1-3H3,(H2,16,19). The molecule has 6 heteroatoms. The third-order valence-corrected chi connectivity index (χ3v) is 4.22. The van der Waals surface area contributed by atoms with Gasteiger partial charge in [0, 0.05) is 11.4 Å². The average molecular weight is 297 g/mol. The molecule has 2 N–H and O–H groups in total. The van der Waals surface area contributed by atoms with E-state index in [1.54, 1.807) is 0 Å². The lowest BCUT2D eigenvalue weighted by molar-refractivity contribution is 0.878. The van der Waals surface area contributed by atoms with Gasteiger partial charge in [-0.1, -0.05) is 12.1 Å². The van der Waals surface area contributed by atoms with Gasteiger partial charge in [-0.15, -0.1) is 0 Å². The average Bonchev–Trinajstić information content (AvgIpc) is 2.45. The number of hydrogen-bond acceptors (Lipinski definition) is 6. The van der Waals surface area contributed by atoms with Crippen molar-refractivity contribution in [1.82, 2.24) is 19.9 Å². The Morgan fingerprint density at radius 3 is 2.05 bits per heavy atom. The molecule has 0 saturated carbocycles. The first kappa shape index (κ1) is 13.8. The van der Waals surface area contributed by atoms with E-state index in [1.165, 1.54) is 11.8 Å². The van der Waals surface area contributed by atoms with E-state index in [9.17, 15) is 0 Å². The molecule has 0 aliphatic heterocycles. The van der Waals surface area contributed by atoms with Crippen LogP contribution in [0.3, 0.4) is 0 Å². The molecule has 5 nitrogen and oxygen atoms in total. The first-order chi connectivity index (χ1) is 10.0. The number of fused-ring (bicyclic) bond motifs is 1. The van der Waals surface area contributed by atoms with Crippen LogP contribution >= 0.6 is 11.8 Å². The first-order valence-corrected chi connectivity index (χ1v) is 7.38. The highest BCUT2D eigenvalue weighted by Crippen LogP contribution is 2.29. The molecule has 2 heterocycles. The number of hydrogen-bond donors (Lipinski definition) is 1. The number of aromatic nitrogens is 4. The summed E-state index contributed by atoms with van der Waals surface area (Å²) < 4.78 is 0. The van der Waals surface area contributed by atoms with Gasteiger partial charge in [-0.05, 0) is 50.2 Å². The maximum absolute atomic E-state index is 5.99. The van der Waals surface area contributed by atoms with Crippen LogP contribution in [0.4, 0.5) is 5.82 Å². The van der Waals surface area contributed by atoms with Gasteiger partial charge in [0.05, 0.1) is 11.0 Å². The van der Waals surface area contributed by atoms with Crippen LogP contribution in [0.5, 0.6) is 0 Å². The number of nitrogen functional groups attached to an aromatic ring is 1. The highest BCUT2D eigenvalue weighted by atomic mass is 32.2. The Balaban J connectivity index is 2.03. The van der Waals surface area contributed by atoms with Crippen molar-refractivity contribution < 1.29 is 0 Å². The Bertz CT molecular complexity index is 808. The number of aryl methyl sites for hydroxylation is 2. The molecule has 3 rings (SSSR count). The van der Waals surface area contributed by atoms with Crippen LogP contribution in [0.2, 0.25) is 0 Å².